The summed E-state index contributed by atoms with van der Waals surface area (Å²) >= 11 is 1.51. The van der Waals surface area contributed by atoms with Crippen LogP contribution in [-0.2, 0) is 9.53 Å². The monoisotopic (exact) mass is 467 g/mol. The lowest BCUT2D eigenvalue weighted by atomic mass is 10.0. The van der Waals surface area contributed by atoms with E-state index >= 15 is 0 Å². The van der Waals surface area contributed by atoms with Crippen LogP contribution in [0.5, 0.6) is 0 Å². The van der Waals surface area contributed by atoms with E-state index in [4.69, 9.17) is 4.74 Å². The lowest BCUT2D eigenvalue weighted by molar-refractivity contribution is -0.116. The quantitative estimate of drug-likeness (QED) is 0.497. The summed E-state index contributed by atoms with van der Waals surface area (Å²) in [5, 5.41) is 2.82. The maximum Gasteiger partial charge on any atom is 0.261 e. The van der Waals surface area contributed by atoms with E-state index in [9.17, 15) is 19.2 Å². The van der Waals surface area contributed by atoms with Crippen molar-refractivity contribution in [1.82, 2.24) is 9.80 Å². The highest BCUT2D eigenvalue weighted by atomic mass is 32.2. The van der Waals surface area contributed by atoms with Gasteiger partial charge in [0.2, 0.25) is 5.91 Å². The molecule has 1 unspecified atom stereocenters. The number of imide groups is 1. The molecule has 1 N–H and O–H groups in total. The molecule has 0 radical (unpaired) electrons. The first-order chi connectivity index (χ1) is 15.9. The average Bonchev–Trinajstić information content (AvgIpc) is 3.41. The van der Waals surface area contributed by atoms with Crippen molar-refractivity contribution < 1.29 is 23.9 Å². The van der Waals surface area contributed by atoms with Gasteiger partial charge in [-0.05, 0) is 49.4 Å². The van der Waals surface area contributed by atoms with Crippen molar-refractivity contribution in [3.63, 3.8) is 0 Å². The molecule has 0 aliphatic carbocycles. The maximum atomic E-state index is 12.9. The van der Waals surface area contributed by atoms with Crippen LogP contribution in [0.25, 0.3) is 0 Å². The number of likely N-dealkylation sites (N-methyl/N-ethyl adjacent to an activating group) is 1. The molecule has 33 heavy (non-hydrogen) atoms. The summed E-state index contributed by atoms with van der Waals surface area (Å²) in [5.74, 6) is -1.54. The summed E-state index contributed by atoms with van der Waals surface area (Å²) in [6.07, 6.45) is 3.50. The molecule has 0 aromatic heterocycles. The van der Waals surface area contributed by atoms with Crippen LogP contribution < -0.4 is 5.32 Å². The smallest absolute Gasteiger partial charge is 0.261 e. The number of anilines is 1. The molecule has 4 amide bonds. The number of para-hydroxylation sites is 1. The molecule has 2 aliphatic heterocycles. The SMILES string of the molecule is CSc1ccccc1NC(=O)CN(C)C(=O)c1ccc2c(c1)C(=O)N(CC1CCCO1)C2=O. The molecule has 9 heteroatoms. The molecule has 2 heterocycles. The van der Waals surface area contributed by atoms with E-state index in [0.717, 1.165) is 17.7 Å². The third-order valence-electron chi connectivity index (χ3n) is 5.74. The molecule has 0 bridgehead atoms. The van der Waals surface area contributed by atoms with Crippen molar-refractivity contribution in [3.8, 4) is 0 Å². The number of hydrogen-bond donors (Lipinski definition) is 1. The largest absolute Gasteiger partial charge is 0.376 e. The van der Waals surface area contributed by atoms with E-state index in [1.807, 2.05) is 24.5 Å². The lowest BCUT2D eigenvalue weighted by Crippen LogP contribution is -2.36. The van der Waals surface area contributed by atoms with E-state index in [2.05, 4.69) is 5.32 Å². The molecule has 2 aliphatic rings. The Kier molecular flexibility index (Phi) is 6.80. The van der Waals surface area contributed by atoms with Crippen molar-refractivity contribution in [2.75, 3.05) is 38.3 Å². The number of nitrogens with one attached hydrogen (secondary N) is 1. The van der Waals surface area contributed by atoms with Crippen LogP contribution in [0.1, 0.15) is 43.9 Å². The summed E-state index contributed by atoms with van der Waals surface area (Å²) < 4.78 is 5.55. The Hall–Kier alpha value is -3.17. The fraction of sp³-hybridized carbons (Fsp3) is 0.333. The van der Waals surface area contributed by atoms with Crippen LogP contribution in [0, 0.1) is 0 Å². The zero-order valence-corrected chi connectivity index (χ0v) is 19.3. The van der Waals surface area contributed by atoms with E-state index in [0.29, 0.717) is 12.3 Å². The minimum absolute atomic E-state index is 0.144. The van der Waals surface area contributed by atoms with Gasteiger partial charge in [0, 0.05) is 24.1 Å². The Morgan fingerprint density at radius 1 is 1.15 bits per heavy atom. The minimum atomic E-state index is -0.422. The average molecular weight is 468 g/mol. The third-order valence-corrected chi connectivity index (χ3v) is 6.53. The molecule has 172 valence electrons. The molecule has 2 aromatic rings. The minimum Gasteiger partial charge on any atom is -0.376 e. The molecule has 0 spiro atoms. The van der Waals surface area contributed by atoms with Gasteiger partial charge in [-0.1, -0.05) is 12.1 Å². The van der Waals surface area contributed by atoms with Gasteiger partial charge in [-0.25, -0.2) is 0 Å². The van der Waals surface area contributed by atoms with Gasteiger partial charge in [0.15, 0.2) is 0 Å². The van der Waals surface area contributed by atoms with Gasteiger partial charge in [-0.15, -0.1) is 11.8 Å². The van der Waals surface area contributed by atoms with E-state index in [-0.39, 0.29) is 47.7 Å². The first-order valence-electron chi connectivity index (χ1n) is 10.7. The normalized spacial score (nSPS) is 17.3. The summed E-state index contributed by atoms with van der Waals surface area (Å²) in [5.41, 5.74) is 1.41. The molecule has 1 fully saturated rings. The van der Waals surface area contributed by atoms with Crippen LogP contribution >= 0.6 is 11.8 Å². The van der Waals surface area contributed by atoms with E-state index in [1.54, 1.807) is 6.07 Å². The van der Waals surface area contributed by atoms with Crippen molar-refractivity contribution >= 4 is 41.1 Å². The number of fused-ring (bicyclic) bond motifs is 1. The van der Waals surface area contributed by atoms with Crippen LogP contribution in [-0.4, -0.2) is 72.5 Å². The highest BCUT2D eigenvalue weighted by molar-refractivity contribution is 7.98. The number of nitrogens with zero attached hydrogens (tertiary/aromatic N) is 2. The zero-order chi connectivity index (χ0) is 23.5. The number of carbonyl (C=O) groups is 4. The molecule has 0 saturated carbocycles. The van der Waals surface area contributed by atoms with Gasteiger partial charge in [0.05, 0.1) is 36.0 Å². The second kappa shape index (κ2) is 9.76. The second-order valence-electron chi connectivity index (χ2n) is 8.03. The Morgan fingerprint density at radius 2 is 1.91 bits per heavy atom. The topological polar surface area (TPSA) is 96.0 Å². The van der Waals surface area contributed by atoms with Crippen molar-refractivity contribution in [2.24, 2.45) is 0 Å². The number of hydrogen-bond acceptors (Lipinski definition) is 6. The second-order valence-corrected chi connectivity index (χ2v) is 8.87. The van der Waals surface area contributed by atoms with Gasteiger partial charge in [-0.3, -0.25) is 24.1 Å². The molecule has 8 nitrogen and oxygen atoms in total. The Labute approximate surface area is 196 Å². The van der Waals surface area contributed by atoms with E-state index < -0.39 is 11.8 Å². The number of thioether (sulfide) groups is 1. The third kappa shape index (κ3) is 4.79. The van der Waals surface area contributed by atoms with E-state index in [1.165, 1.54) is 46.8 Å². The van der Waals surface area contributed by atoms with Crippen LogP contribution in [0.15, 0.2) is 47.4 Å². The van der Waals surface area contributed by atoms with Gasteiger partial charge in [0.1, 0.15) is 0 Å². The van der Waals surface area contributed by atoms with Crippen LogP contribution in [0.4, 0.5) is 5.69 Å². The number of carbonyl (C=O) groups excluding carboxylic acids is 4. The number of amides is 4. The highest BCUT2D eigenvalue weighted by Gasteiger charge is 2.38. The molecular formula is C24H25N3O5S. The van der Waals surface area contributed by atoms with Crippen molar-refractivity contribution in [2.45, 2.75) is 23.8 Å². The van der Waals surface area contributed by atoms with Crippen molar-refractivity contribution in [1.29, 1.82) is 0 Å². The first kappa shape index (κ1) is 23.0. The number of ether oxygens (including phenoxy) is 1. The van der Waals surface area contributed by atoms with Gasteiger partial charge in [0.25, 0.3) is 17.7 Å². The zero-order valence-electron chi connectivity index (χ0n) is 18.5. The number of benzene rings is 2. The summed E-state index contributed by atoms with van der Waals surface area (Å²) in [7, 11) is 1.52. The van der Waals surface area contributed by atoms with Crippen LogP contribution in [0.2, 0.25) is 0 Å². The van der Waals surface area contributed by atoms with Crippen LogP contribution in [0.3, 0.4) is 0 Å². The summed E-state index contributed by atoms with van der Waals surface area (Å²) in [6.45, 7) is 0.694. The molecule has 1 saturated heterocycles. The Bertz CT molecular complexity index is 1110. The number of rotatable bonds is 7. The molecular weight excluding hydrogens is 442 g/mol. The maximum absolute atomic E-state index is 12.9. The summed E-state index contributed by atoms with van der Waals surface area (Å²) in [4.78, 5) is 54.3. The van der Waals surface area contributed by atoms with Gasteiger partial charge >= 0.3 is 0 Å². The predicted octanol–water partition coefficient (Wildman–Crippen LogP) is 2.89. The summed E-state index contributed by atoms with van der Waals surface area (Å²) in [6, 6.07) is 11.9. The lowest BCUT2D eigenvalue weighted by Gasteiger charge is -2.18. The standard InChI is InChI=1S/C24H25N3O5S/c1-26(14-21(28)25-19-7-3-4-8-20(19)33-2)22(29)15-9-10-17-18(12-15)24(31)27(23(17)30)13-16-6-5-11-32-16/h3-4,7-10,12,16H,5-6,11,13-14H2,1-2H3,(H,25,28). The molecule has 4 rings (SSSR count). The fourth-order valence-electron chi connectivity index (χ4n) is 4.03. The highest BCUT2D eigenvalue weighted by Crippen LogP contribution is 2.27. The Morgan fingerprint density at radius 3 is 2.64 bits per heavy atom. The Balaban J connectivity index is 1.43. The predicted molar refractivity (Wildman–Crippen MR) is 125 cm³/mol. The molecule has 1 atom stereocenters. The van der Waals surface area contributed by atoms with Gasteiger partial charge in [-0.2, -0.15) is 0 Å². The first-order valence-corrected chi connectivity index (χ1v) is 11.9. The molecule has 2 aromatic carbocycles. The fourth-order valence-corrected chi connectivity index (χ4v) is 4.58. The van der Waals surface area contributed by atoms with Crippen molar-refractivity contribution in [3.05, 3.63) is 59.2 Å². The van der Waals surface area contributed by atoms with Gasteiger partial charge < -0.3 is 15.0 Å².